The second-order valence-electron chi connectivity index (χ2n) is 8.70. The van der Waals surface area contributed by atoms with Crippen molar-refractivity contribution in [2.24, 2.45) is 0 Å². The summed E-state index contributed by atoms with van der Waals surface area (Å²) in [7, 11) is 0. The number of H-pyrrole nitrogens is 1. The minimum atomic E-state index is -0.372. The van der Waals surface area contributed by atoms with Gasteiger partial charge in [0, 0.05) is 49.4 Å². The van der Waals surface area contributed by atoms with E-state index in [1.54, 1.807) is 12.1 Å². The van der Waals surface area contributed by atoms with Crippen molar-refractivity contribution in [3.05, 3.63) is 69.8 Å². The van der Waals surface area contributed by atoms with E-state index in [9.17, 15) is 14.9 Å². The summed E-state index contributed by atoms with van der Waals surface area (Å²) in [4.78, 5) is 28.0. The average molecular weight is 447 g/mol. The smallest absolute Gasteiger partial charge is 0.269 e. The van der Waals surface area contributed by atoms with E-state index in [4.69, 9.17) is 0 Å². The number of hydrogen-bond donors (Lipinski definition) is 1. The van der Waals surface area contributed by atoms with E-state index in [0.29, 0.717) is 24.3 Å². The number of nitrogens with zero attached hydrogens (tertiary/aromatic N) is 6. The van der Waals surface area contributed by atoms with E-state index in [1.165, 1.54) is 0 Å². The SMILES string of the molecule is O=C(Cc1ccc(-c2nn[nH]n2)cc1)N1CC2CCC(C1)N2CCc1ccc([N+](=O)[O-])cc1. The highest BCUT2D eigenvalue weighted by Crippen LogP contribution is 2.31. The standard InChI is InChI=1S/C23H25N7O3/c31-22(13-17-1-5-18(6-2-17)23-24-26-27-25-23)28-14-20-9-10-21(15-28)29(20)12-11-16-3-7-19(8-4-16)30(32)33/h1-8,20-21H,9-15H2,(H,24,25,26,27). The van der Waals surface area contributed by atoms with Crippen LogP contribution < -0.4 is 0 Å². The van der Waals surface area contributed by atoms with Crippen molar-refractivity contribution in [2.45, 2.75) is 37.8 Å². The molecular weight excluding hydrogens is 422 g/mol. The summed E-state index contributed by atoms with van der Waals surface area (Å²) in [6, 6.07) is 15.3. The van der Waals surface area contributed by atoms with Crippen molar-refractivity contribution >= 4 is 11.6 Å². The molecule has 2 aliphatic rings. The van der Waals surface area contributed by atoms with Gasteiger partial charge in [-0.2, -0.15) is 5.21 Å². The predicted molar refractivity (Wildman–Crippen MR) is 120 cm³/mol. The molecule has 0 saturated carbocycles. The molecule has 0 radical (unpaired) electrons. The maximum absolute atomic E-state index is 13.0. The number of tetrazole rings is 1. The molecule has 0 aliphatic carbocycles. The van der Waals surface area contributed by atoms with Gasteiger partial charge in [0.1, 0.15) is 0 Å². The van der Waals surface area contributed by atoms with Gasteiger partial charge in [-0.05, 0) is 35.6 Å². The van der Waals surface area contributed by atoms with Gasteiger partial charge in [0.2, 0.25) is 11.7 Å². The molecule has 2 bridgehead atoms. The molecule has 2 aromatic carbocycles. The van der Waals surface area contributed by atoms with E-state index < -0.39 is 0 Å². The van der Waals surface area contributed by atoms with Crippen LogP contribution in [0, 0.1) is 10.1 Å². The predicted octanol–water partition coefficient (Wildman–Crippen LogP) is 2.24. The Bertz CT molecular complexity index is 1100. The first-order valence-corrected chi connectivity index (χ1v) is 11.2. The van der Waals surface area contributed by atoms with Crippen LogP contribution in [0.3, 0.4) is 0 Å². The highest BCUT2D eigenvalue weighted by molar-refractivity contribution is 5.79. The second-order valence-corrected chi connectivity index (χ2v) is 8.70. The fourth-order valence-corrected chi connectivity index (χ4v) is 4.94. The summed E-state index contributed by atoms with van der Waals surface area (Å²) < 4.78 is 0. The number of aromatic amines is 1. The van der Waals surface area contributed by atoms with Crippen LogP contribution >= 0.6 is 0 Å². The number of carbonyl (C=O) groups is 1. The third kappa shape index (κ3) is 4.61. The lowest BCUT2D eigenvalue weighted by molar-refractivity contribution is -0.384. The van der Waals surface area contributed by atoms with Crippen LogP contribution in [0.4, 0.5) is 5.69 Å². The van der Waals surface area contributed by atoms with Crippen molar-refractivity contribution in [1.29, 1.82) is 0 Å². The molecule has 1 N–H and O–H groups in total. The Balaban J connectivity index is 1.15. The number of rotatable bonds is 7. The number of benzene rings is 2. The Kier molecular flexibility index (Phi) is 5.82. The number of amides is 1. The van der Waals surface area contributed by atoms with Crippen LogP contribution in [0.5, 0.6) is 0 Å². The van der Waals surface area contributed by atoms with Gasteiger partial charge >= 0.3 is 0 Å². The fraction of sp³-hybridized carbons (Fsp3) is 0.391. The van der Waals surface area contributed by atoms with Crippen LogP contribution in [-0.4, -0.2) is 73.0 Å². The zero-order valence-corrected chi connectivity index (χ0v) is 18.1. The second kappa shape index (κ2) is 9.07. The summed E-state index contributed by atoms with van der Waals surface area (Å²) in [5.41, 5.74) is 3.05. The lowest BCUT2D eigenvalue weighted by Gasteiger charge is -2.41. The maximum Gasteiger partial charge on any atom is 0.269 e. The van der Waals surface area contributed by atoms with Crippen molar-refractivity contribution < 1.29 is 9.72 Å². The number of nitrogens with one attached hydrogen (secondary N) is 1. The molecule has 3 aromatic rings. The molecule has 10 nitrogen and oxygen atoms in total. The van der Waals surface area contributed by atoms with Gasteiger partial charge < -0.3 is 4.90 Å². The normalized spacial score (nSPS) is 20.2. The highest BCUT2D eigenvalue weighted by atomic mass is 16.6. The third-order valence-electron chi connectivity index (χ3n) is 6.70. The van der Waals surface area contributed by atoms with Gasteiger partial charge in [-0.3, -0.25) is 19.8 Å². The Labute approximate surface area is 190 Å². The van der Waals surface area contributed by atoms with Crippen molar-refractivity contribution in [1.82, 2.24) is 30.4 Å². The Morgan fingerprint density at radius 2 is 1.70 bits per heavy atom. The summed E-state index contributed by atoms with van der Waals surface area (Å²) in [5.74, 6) is 0.698. The molecule has 10 heteroatoms. The Morgan fingerprint density at radius 1 is 1.03 bits per heavy atom. The van der Waals surface area contributed by atoms with Crippen LogP contribution in [0.2, 0.25) is 0 Å². The van der Waals surface area contributed by atoms with Gasteiger partial charge in [0.15, 0.2) is 0 Å². The van der Waals surface area contributed by atoms with Crippen molar-refractivity contribution in [2.75, 3.05) is 19.6 Å². The van der Waals surface area contributed by atoms with Gasteiger partial charge in [-0.15, -0.1) is 10.2 Å². The van der Waals surface area contributed by atoms with Crippen molar-refractivity contribution in [3.63, 3.8) is 0 Å². The lowest BCUT2D eigenvalue weighted by atomic mass is 10.1. The molecule has 2 atom stereocenters. The van der Waals surface area contributed by atoms with E-state index in [2.05, 4.69) is 25.5 Å². The first-order valence-electron chi connectivity index (χ1n) is 11.2. The molecular formula is C23H25N7O3. The number of nitro groups is 1. The first kappa shape index (κ1) is 21.2. The third-order valence-corrected chi connectivity index (χ3v) is 6.70. The number of fused-ring (bicyclic) bond motifs is 2. The minimum absolute atomic E-state index is 0.121. The first-order chi connectivity index (χ1) is 16.1. The zero-order valence-electron chi connectivity index (χ0n) is 18.1. The van der Waals surface area contributed by atoms with Crippen LogP contribution in [0.25, 0.3) is 11.4 Å². The highest BCUT2D eigenvalue weighted by Gasteiger charge is 2.40. The molecule has 170 valence electrons. The van der Waals surface area contributed by atoms with E-state index in [1.807, 2.05) is 41.3 Å². The Hall–Kier alpha value is -3.66. The molecule has 2 fully saturated rings. The molecule has 0 spiro atoms. The van der Waals surface area contributed by atoms with Crippen molar-refractivity contribution in [3.8, 4) is 11.4 Å². The number of piperazine rings is 1. The van der Waals surface area contributed by atoms with Crippen LogP contribution in [0.15, 0.2) is 48.5 Å². The number of carbonyl (C=O) groups excluding carboxylic acids is 1. The largest absolute Gasteiger partial charge is 0.339 e. The van der Waals surface area contributed by atoms with Gasteiger partial charge in [0.05, 0.1) is 11.3 Å². The monoisotopic (exact) mass is 447 g/mol. The number of aromatic nitrogens is 4. The van der Waals surface area contributed by atoms with Gasteiger partial charge in [0.25, 0.3) is 5.69 Å². The van der Waals surface area contributed by atoms with Crippen LogP contribution in [0.1, 0.15) is 24.0 Å². The Morgan fingerprint density at radius 3 is 2.30 bits per heavy atom. The van der Waals surface area contributed by atoms with Gasteiger partial charge in [-0.1, -0.05) is 36.4 Å². The van der Waals surface area contributed by atoms with Gasteiger partial charge in [-0.25, -0.2) is 0 Å². The molecule has 3 heterocycles. The summed E-state index contributed by atoms with van der Waals surface area (Å²) in [6.45, 7) is 2.43. The summed E-state index contributed by atoms with van der Waals surface area (Å²) in [5, 5.41) is 24.8. The number of hydrogen-bond acceptors (Lipinski definition) is 7. The molecule has 2 saturated heterocycles. The minimum Gasteiger partial charge on any atom is -0.339 e. The molecule has 1 amide bonds. The maximum atomic E-state index is 13.0. The number of non-ortho nitro benzene ring substituents is 1. The zero-order chi connectivity index (χ0) is 22.8. The molecule has 2 unspecified atom stereocenters. The average Bonchev–Trinajstić information content (AvgIpc) is 3.44. The molecule has 33 heavy (non-hydrogen) atoms. The number of likely N-dealkylation sites (tertiary alicyclic amines) is 1. The van der Waals surface area contributed by atoms with Crippen LogP contribution in [-0.2, 0) is 17.6 Å². The fourth-order valence-electron chi connectivity index (χ4n) is 4.94. The summed E-state index contributed by atoms with van der Waals surface area (Å²) in [6.07, 6.45) is 3.45. The summed E-state index contributed by atoms with van der Waals surface area (Å²) >= 11 is 0. The molecule has 5 rings (SSSR count). The molecule has 1 aromatic heterocycles. The number of nitro benzene ring substituents is 1. The molecule has 2 aliphatic heterocycles. The topological polar surface area (TPSA) is 121 Å². The lowest BCUT2D eigenvalue weighted by Crippen LogP contribution is -2.55. The quantitative estimate of drug-likeness (QED) is 0.435. The van der Waals surface area contributed by atoms with E-state index in [-0.39, 0.29) is 16.5 Å². The van der Waals surface area contributed by atoms with E-state index >= 15 is 0 Å². The van der Waals surface area contributed by atoms with E-state index in [0.717, 1.165) is 55.6 Å².